The van der Waals surface area contributed by atoms with Crippen LogP contribution in [0.3, 0.4) is 0 Å². The van der Waals surface area contributed by atoms with Crippen molar-refractivity contribution in [2.24, 2.45) is 0 Å². The summed E-state index contributed by atoms with van der Waals surface area (Å²) in [6.07, 6.45) is 0.899. The molecule has 2 aromatic carbocycles. The largest absolute Gasteiger partial charge is 0.491 e. The van der Waals surface area contributed by atoms with Gasteiger partial charge in [0, 0.05) is 22.5 Å². The van der Waals surface area contributed by atoms with Crippen LogP contribution >= 0.6 is 11.6 Å². The van der Waals surface area contributed by atoms with Gasteiger partial charge in [0.2, 0.25) is 0 Å². The van der Waals surface area contributed by atoms with E-state index >= 15 is 0 Å². The van der Waals surface area contributed by atoms with Gasteiger partial charge in [0.05, 0.1) is 12.3 Å². The fourth-order valence-corrected chi connectivity index (χ4v) is 1.96. The summed E-state index contributed by atoms with van der Waals surface area (Å²) in [6, 6.07) is 9.60. The van der Waals surface area contributed by atoms with Crippen LogP contribution in [0, 0.1) is 5.82 Å². The number of ether oxygens (including phenoxy) is 1. The molecule has 0 saturated heterocycles. The van der Waals surface area contributed by atoms with Crippen molar-refractivity contribution in [1.82, 2.24) is 0 Å². The van der Waals surface area contributed by atoms with Gasteiger partial charge in [0.15, 0.2) is 0 Å². The van der Waals surface area contributed by atoms with E-state index in [-0.39, 0.29) is 0 Å². The van der Waals surface area contributed by atoms with Crippen molar-refractivity contribution in [3.63, 3.8) is 0 Å². The van der Waals surface area contributed by atoms with E-state index in [9.17, 15) is 4.39 Å². The zero-order valence-electron chi connectivity index (χ0n) is 11.1. The summed E-state index contributed by atoms with van der Waals surface area (Å²) < 4.78 is 18.8. The molecular formula is C15H16ClFN2O. The Morgan fingerprint density at radius 3 is 2.70 bits per heavy atom. The SMILES string of the molecule is CCCOc1cc(Nc2cc(F)cc(Cl)c2)ccc1N. The molecule has 0 atom stereocenters. The number of nitrogen functional groups attached to an aromatic ring is 1. The number of anilines is 3. The van der Waals surface area contributed by atoms with E-state index < -0.39 is 5.82 Å². The summed E-state index contributed by atoms with van der Waals surface area (Å²) in [7, 11) is 0. The van der Waals surface area contributed by atoms with Gasteiger partial charge in [-0.05, 0) is 36.8 Å². The highest BCUT2D eigenvalue weighted by Gasteiger charge is 2.04. The molecule has 5 heteroatoms. The molecule has 0 fully saturated rings. The molecule has 2 aromatic rings. The average molecular weight is 295 g/mol. The van der Waals surface area contributed by atoms with Gasteiger partial charge in [-0.2, -0.15) is 0 Å². The smallest absolute Gasteiger partial charge is 0.144 e. The van der Waals surface area contributed by atoms with Crippen LogP contribution < -0.4 is 15.8 Å². The van der Waals surface area contributed by atoms with E-state index in [0.717, 1.165) is 12.1 Å². The first-order valence-corrected chi connectivity index (χ1v) is 6.71. The van der Waals surface area contributed by atoms with Crippen LogP contribution in [-0.2, 0) is 0 Å². The van der Waals surface area contributed by atoms with Crippen molar-refractivity contribution >= 4 is 28.7 Å². The van der Waals surface area contributed by atoms with E-state index in [4.69, 9.17) is 22.1 Å². The predicted molar refractivity (Wildman–Crippen MR) is 81.3 cm³/mol. The Balaban J connectivity index is 2.20. The maximum Gasteiger partial charge on any atom is 0.144 e. The molecule has 2 rings (SSSR count). The number of halogens is 2. The van der Waals surface area contributed by atoms with Gasteiger partial charge in [-0.3, -0.25) is 0 Å². The first kappa shape index (κ1) is 14.5. The second kappa shape index (κ2) is 6.48. The Morgan fingerprint density at radius 1 is 1.20 bits per heavy atom. The molecule has 0 radical (unpaired) electrons. The molecule has 0 bridgehead atoms. The van der Waals surface area contributed by atoms with Gasteiger partial charge >= 0.3 is 0 Å². The molecule has 0 spiro atoms. The standard InChI is InChI=1S/C15H16ClFN2O/c1-2-5-20-15-9-12(3-4-14(15)18)19-13-7-10(16)6-11(17)8-13/h3-4,6-9,19H,2,5,18H2,1H3. The first-order valence-electron chi connectivity index (χ1n) is 6.34. The van der Waals surface area contributed by atoms with Gasteiger partial charge in [-0.1, -0.05) is 18.5 Å². The summed E-state index contributed by atoms with van der Waals surface area (Å²) >= 11 is 5.82. The molecule has 0 saturated carbocycles. The molecule has 0 amide bonds. The lowest BCUT2D eigenvalue weighted by Crippen LogP contribution is -2.00. The summed E-state index contributed by atoms with van der Waals surface area (Å²) in [5.74, 6) is 0.220. The zero-order valence-corrected chi connectivity index (χ0v) is 11.9. The van der Waals surface area contributed by atoms with E-state index in [1.54, 1.807) is 24.3 Å². The molecule has 20 heavy (non-hydrogen) atoms. The Kier molecular flexibility index (Phi) is 4.69. The molecule has 0 aliphatic heterocycles. The van der Waals surface area contributed by atoms with Gasteiger partial charge < -0.3 is 15.8 Å². The van der Waals surface area contributed by atoms with Crippen molar-refractivity contribution in [3.05, 3.63) is 47.2 Å². The van der Waals surface area contributed by atoms with Gasteiger partial charge in [0.1, 0.15) is 11.6 Å². The van der Waals surface area contributed by atoms with E-state index in [1.165, 1.54) is 12.1 Å². The predicted octanol–water partition coefficient (Wildman–Crippen LogP) is 4.59. The fourth-order valence-electron chi connectivity index (χ4n) is 1.74. The maximum atomic E-state index is 13.3. The van der Waals surface area contributed by atoms with Crippen LogP contribution in [0.1, 0.15) is 13.3 Å². The Morgan fingerprint density at radius 2 is 2.00 bits per heavy atom. The number of nitrogens with one attached hydrogen (secondary N) is 1. The Bertz CT molecular complexity index is 584. The number of rotatable bonds is 5. The third-order valence-electron chi connectivity index (χ3n) is 2.63. The number of hydrogen-bond acceptors (Lipinski definition) is 3. The van der Waals surface area contributed by atoms with Crippen LogP contribution in [0.2, 0.25) is 5.02 Å². The molecular weight excluding hydrogens is 279 g/mol. The van der Waals surface area contributed by atoms with Crippen LogP contribution in [0.5, 0.6) is 5.75 Å². The topological polar surface area (TPSA) is 47.3 Å². The molecule has 3 nitrogen and oxygen atoms in total. The minimum Gasteiger partial charge on any atom is -0.491 e. The van der Waals surface area contributed by atoms with Gasteiger partial charge in [-0.25, -0.2) is 4.39 Å². The molecule has 0 aliphatic rings. The molecule has 3 N–H and O–H groups in total. The summed E-state index contributed by atoms with van der Waals surface area (Å²) in [5, 5.41) is 3.41. The van der Waals surface area contributed by atoms with E-state index in [1.807, 2.05) is 6.92 Å². The van der Waals surface area contributed by atoms with Gasteiger partial charge in [-0.15, -0.1) is 0 Å². The third kappa shape index (κ3) is 3.78. The number of nitrogens with two attached hydrogens (primary N) is 1. The third-order valence-corrected chi connectivity index (χ3v) is 2.84. The number of hydrogen-bond donors (Lipinski definition) is 2. The zero-order chi connectivity index (χ0) is 14.5. The Labute approximate surface area is 122 Å². The molecule has 0 aliphatic carbocycles. The lowest BCUT2D eigenvalue weighted by molar-refractivity contribution is 0.319. The van der Waals surface area contributed by atoms with E-state index in [0.29, 0.717) is 28.8 Å². The van der Waals surface area contributed by atoms with Crippen molar-refractivity contribution in [3.8, 4) is 5.75 Å². The quantitative estimate of drug-likeness (QED) is 0.793. The highest BCUT2D eigenvalue weighted by atomic mass is 35.5. The van der Waals surface area contributed by atoms with Gasteiger partial charge in [0.25, 0.3) is 0 Å². The lowest BCUT2D eigenvalue weighted by Gasteiger charge is -2.12. The second-order valence-corrected chi connectivity index (χ2v) is 4.82. The molecule has 0 unspecified atom stereocenters. The van der Waals surface area contributed by atoms with Crippen LogP contribution in [0.4, 0.5) is 21.5 Å². The fraction of sp³-hybridized carbons (Fsp3) is 0.200. The minimum atomic E-state index is -0.391. The van der Waals surface area contributed by atoms with Crippen LogP contribution in [-0.4, -0.2) is 6.61 Å². The monoisotopic (exact) mass is 294 g/mol. The van der Waals surface area contributed by atoms with Crippen molar-refractivity contribution in [1.29, 1.82) is 0 Å². The molecule has 106 valence electrons. The number of benzene rings is 2. The first-order chi connectivity index (χ1) is 9.58. The minimum absolute atomic E-state index is 0.338. The van der Waals surface area contributed by atoms with Crippen LogP contribution in [0.25, 0.3) is 0 Å². The van der Waals surface area contributed by atoms with Crippen molar-refractivity contribution in [2.75, 3.05) is 17.7 Å². The summed E-state index contributed by atoms with van der Waals surface area (Å²) in [6.45, 7) is 2.62. The maximum absolute atomic E-state index is 13.3. The molecule has 0 aromatic heterocycles. The van der Waals surface area contributed by atoms with Crippen molar-refractivity contribution in [2.45, 2.75) is 13.3 Å². The van der Waals surface area contributed by atoms with Crippen molar-refractivity contribution < 1.29 is 9.13 Å². The molecule has 0 heterocycles. The van der Waals surface area contributed by atoms with Crippen LogP contribution in [0.15, 0.2) is 36.4 Å². The highest BCUT2D eigenvalue weighted by molar-refractivity contribution is 6.30. The normalized spacial score (nSPS) is 10.3. The Hall–Kier alpha value is -1.94. The summed E-state index contributed by atoms with van der Waals surface area (Å²) in [4.78, 5) is 0. The average Bonchev–Trinajstić information content (AvgIpc) is 2.38. The van der Waals surface area contributed by atoms with E-state index in [2.05, 4.69) is 5.32 Å². The second-order valence-electron chi connectivity index (χ2n) is 4.38. The highest BCUT2D eigenvalue weighted by Crippen LogP contribution is 2.28. The summed E-state index contributed by atoms with van der Waals surface area (Å²) in [5.41, 5.74) is 7.74. The lowest BCUT2D eigenvalue weighted by atomic mass is 10.2.